The number of aryl methyl sites for hydroxylation is 1. The van der Waals surface area contributed by atoms with E-state index in [0.29, 0.717) is 4.99 Å². The third kappa shape index (κ3) is 3.48. The Kier molecular flexibility index (Phi) is 4.58. The Bertz CT molecular complexity index is 608. The first-order valence-corrected chi connectivity index (χ1v) is 6.78. The van der Waals surface area contributed by atoms with Gasteiger partial charge in [0.25, 0.3) is 0 Å². The van der Waals surface area contributed by atoms with Gasteiger partial charge in [-0.3, -0.25) is 0 Å². The Balaban J connectivity index is 2.03. The first kappa shape index (κ1) is 14.3. The van der Waals surface area contributed by atoms with Crippen LogP contribution in [0.25, 0.3) is 0 Å². The molecule has 0 heterocycles. The molecule has 0 radical (unpaired) electrons. The van der Waals surface area contributed by atoms with Gasteiger partial charge in [0.05, 0.1) is 7.11 Å². The van der Waals surface area contributed by atoms with Crippen molar-refractivity contribution in [1.82, 2.24) is 0 Å². The van der Waals surface area contributed by atoms with Gasteiger partial charge in [-0.1, -0.05) is 24.4 Å². The Morgan fingerprint density at radius 2 is 1.90 bits per heavy atom. The lowest BCUT2D eigenvalue weighted by molar-refractivity contribution is 0.414. The van der Waals surface area contributed by atoms with Gasteiger partial charge in [0.2, 0.25) is 0 Å². The van der Waals surface area contributed by atoms with Crippen LogP contribution in [-0.4, -0.2) is 12.1 Å². The first-order valence-electron chi connectivity index (χ1n) is 6.37. The van der Waals surface area contributed by atoms with Crippen LogP contribution in [0.3, 0.4) is 0 Å². The van der Waals surface area contributed by atoms with Crippen LogP contribution in [0.1, 0.15) is 16.7 Å². The van der Waals surface area contributed by atoms with Crippen LogP contribution < -0.4 is 15.8 Å². The van der Waals surface area contributed by atoms with Crippen LogP contribution in [0.15, 0.2) is 42.5 Å². The highest BCUT2D eigenvalue weighted by Gasteiger charge is 2.02. The van der Waals surface area contributed by atoms with E-state index in [4.69, 9.17) is 22.7 Å². The average molecular weight is 286 g/mol. The molecule has 0 bridgehead atoms. The molecule has 3 N–H and O–H groups in total. The van der Waals surface area contributed by atoms with Crippen molar-refractivity contribution in [2.45, 2.75) is 13.5 Å². The fourth-order valence-corrected chi connectivity index (χ4v) is 2.23. The third-order valence-electron chi connectivity index (χ3n) is 3.15. The summed E-state index contributed by atoms with van der Waals surface area (Å²) in [6, 6.07) is 14.0. The zero-order valence-corrected chi connectivity index (χ0v) is 12.5. The van der Waals surface area contributed by atoms with E-state index in [9.17, 15) is 0 Å². The number of hydrogen-bond acceptors (Lipinski definition) is 3. The summed E-state index contributed by atoms with van der Waals surface area (Å²) in [6.45, 7) is 2.77. The van der Waals surface area contributed by atoms with Crippen molar-refractivity contribution < 1.29 is 4.74 Å². The molecule has 0 aromatic heterocycles. The van der Waals surface area contributed by atoms with Crippen LogP contribution in [0, 0.1) is 6.92 Å². The molecule has 0 aliphatic carbocycles. The quantitative estimate of drug-likeness (QED) is 0.828. The molecule has 3 nitrogen and oxygen atoms in total. The van der Waals surface area contributed by atoms with Crippen LogP contribution >= 0.6 is 12.2 Å². The van der Waals surface area contributed by atoms with Gasteiger partial charge < -0.3 is 15.8 Å². The molecular weight excluding hydrogens is 268 g/mol. The molecule has 4 heteroatoms. The van der Waals surface area contributed by atoms with Gasteiger partial charge in [-0.2, -0.15) is 0 Å². The lowest BCUT2D eigenvalue weighted by Crippen LogP contribution is -2.11. The number of methoxy groups -OCH3 is 1. The Hall–Kier alpha value is -2.07. The summed E-state index contributed by atoms with van der Waals surface area (Å²) >= 11 is 5.00. The SMILES string of the molecule is COc1ccc(CNc2ccc(C(N)=S)c(C)c2)cc1. The summed E-state index contributed by atoms with van der Waals surface area (Å²) in [4.78, 5) is 0.434. The van der Waals surface area contributed by atoms with Gasteiger partial charge in [-0.15, -0.1) is 0 Å². The minimum absolute atomic E-state index is 0.434. The van der Waals surface area contributed by atoms with Crippen LogP contribution in [0.4, 0.5) is 5.69 Å². The van der Waals surface area contributed by atoms with E-state index in [-0.39, 0.29) is 0 Å². The van der Waals surface area contributed by atoms with Crippen LogP contribution in [-0.2, 0) is 6.54 Å². The van der Waals surface area contributed by atoms with E-state index < -0.39 is 0 Å². The van der Waals surface area contributed by atoms with Crippen molar-refractivity contribution in [2.75, 3.05) is 12.4 Å². The Morgan fingerprint density at radius 1 is 1.20 bits per heavy atom. The highest BCUT2D eigenvalue weighted by molar-refractivity contribution is 7.80. The molecule has 0 spiro atoms. The topological polar surface area (TPSA) is 47.3 Å². The van der Waals surface area contributed by atoms with E-state index in [2.05, 4.69) is 11.4 Å². The molecule has 0 fully saturated rings. The highest BCUT2D eigenvalue weighted by atomic mass is 32.1. The fourth-order valence-electron chi connectivity index (χ4n) is 2.00. The van der Waals surface area contributed by atoms with E-state index in [1.54, 1.807) is 7.11 Å². The van der Waals surface area contributed by atoms with E-state index >= 15 is 0 Å². The number of hydrogen-bond donors (Lipinski definition) is 2. The van der Waals surface area contributed by atoms with Crippen molar-refractivity contribution in [2.24, 2.45) is 5.73 Å². The van der Waals surface area contributed by atoms with E-state index in [1.165, 1.54) is 5.56 Å². The fraction of sp³-hybridized carbons (Fsp3) is 0.188. The number of nitrogens with one attached hydrogen (secondary N) is 1. The van der Waals surface area contributed by atoms with Crippen molar-refractivity contribution >= 4 is 22.9 Å². The summed E-state index contributed by atoms with van der Waals surface area (Å²) in [5, 5.41) is 3.38. The zero-order chi connectivity index (χ0) is 14.5. The van der Waals surface area contributed by atoms with Crippen LogP contribution in [0.5, 0.6) is 5.75 Å². The van der Waals surface area contributed by atoms with Gasteiger partial charge >= 0.3 is 0 Å². The predicted molar refractivity (Wildman–Crippen MR) is 87.4 cm³/mol. The molecule has 0 amide bonds. The number of ether oxygens (including phenoxy) is 1. The second-order valence-electron chi connectivity index (χ2n) is 4.60. The second kappa shape index (κ2) is 6.39. The number of nitrogens with two attached hydrogens (primary N) is 1. The van der Waals surface area contributed by atoms with E-state index in [0.717, 1.165) is 29.1 Å². The molecule has 2 aromatic carbocycles. The van der Waals surface area contributed by atoms with E-state index in [1.807, 2.05) is 43.3 Å². The molecular formula is C16H18N2OS. The van der Waals surface area contributed by atoms with Crippen molar-refractivity contribution in [3.63, 3.8) is 0 Å². The number of benzene rings is 2. The smallest absolute Gasteiger partial charge is 0.118 e. The zero-order valence-electron chi connectivity index (χ0n) is 11.6. The van der Waals surface area contributed by atoms with Gasteiger partial charge in [0.1, 0.15) is 10.7 Å². The standard InChI is InChI=1S/C16H18N2OS/c1-11-9-13(5-8-15(11)16(17)20)18-10-12-3-6-14(19-2)7-4-12/h3-9,18H,10H2,1-2H3,(H2,17,20). The minimum atomic E-state index is 0.434. The average Bonchev–Trinajstić information content (AvgIpc) is 2.45. The normalized spacial score (nSPS) is 10.1. The molecule has 0 atom stereocenters. The van der Waals surface area contributed by atoms with Gasteiger partial charge in [0.15, 0.2) is 0 Å². The minimum Gasteiger partial charge on any atom is -0.497 e. The number of anilines is 1. The van der Waals surface area contributed by atoms with Gasteiger partial charge in [-0.05, 0) is 48.4 Å². The number of thiocarbonyl (C=S) groups is 1. The first-order chi connectivity index (χ1) is 9.60. The summed E-state index contributed by atoms with van der Waals surface area (Å²) < 4.78 is 5.14. The Labute approximate surface area is 124 Å². The highest BCUT2D eigenvalue weighted by Crippen LogP contribution is 2.17. The lowest BCUT2D eigenvalue weighted by Gasteiger charge is -2.10. The summed E-state index contributed by atoms with van der Waals surface area (Å²) in [5.41, 5.74) is 9.91. The maximum absolute atomic E-state index is 5.66. The molecule has 2 rings (SSSR count). The molecule has 0 saturated carbocycles. The molecule has 20 heavy (non-hydrogen) atoms. The predicted octanol–water partition coefficient (Wildman–Crippen LogP) is 3.25. The summed E-state index contributed by atoms with van der Waals surface area (Å²) in [6.07, 6.45) is 0. The van der Waals surface area contributed by atoms with Crippen LogP contribution in [0.2, 0.25) is 0 Å². The molecule has 104 valence electrons. The summed E-state index contributed by atoms with van der Waals surface area (Å²) in [5.74, 6) is 0.866. The Morgan fingerprint density at radius 3 is 2.45 bits per heavy atom. The van der Waals surface area contributed by atoms with Crippen molar-refractivity contribution in [3.05, 3.63) is 59.2 Å². The second-order valence-corrected chi connectivity index (χ2v) is 5.04. The van der Waals surface area contributed by atoms with Crippen molar-refractivity contribution in [3.8, 4) is 5.75 Å². The molecule has 2 aromatic rings. The molecule has 0 saturated heterocycles. The molecule has 0 unspecified atom stereocenters. The third-order valence-corrected chi connectivity index (χ3v) is 3.37. The number of rotatable bonds is 5. The van der Waals surface area contributed by atoms with Crippen molar-refractivity contribution in [1.29, 1.82) is 0 Å². The lowest BCUT2D eigenvalue weighted by atomic mass is 10.1. The molecule has 0 aliphatic rings. The maximum atomic E-state index is 5.66. The molecule has 0 aliphatic heterocycles. The largest absolute Gasteiger partial charge is 0.497 e. The van der Waals surface area contributed by atoms with Gasteiger partial charge in [0, 0.05) is 17.8 Å². The maximum Gasteiger partial charge on any atom is 0.118 e. The monoisotopic (exact) mass is 286 g/mol. The van der Waals surface area contributed by atoms with Gasteiger partial charge in [-0.25, -0.2) is 0 Å². The summed E-state index contributed by atoms with van der Waals surface area (Å²) in [7, 11) is 1.67.